The predicted octanol–water partition coefficient (Wildman–Crippen LogP) is 0.782. The van der Waals surface area contributed by atoms with Crippen molar-refractivity contribution < 1.29 is 4.74 Å². The summed E-state index contributed by atoms with van der Waals surface area (Å²) in [5.41, 5.74) is 0.830. The topological polar surface area (TPSA) is 56.1 Å². The molecule has 6 heteroatoms. The number of nitrogens with one attached hydrogen (secondary N) is 1. The van der Waals surface area contributed by atoms with Gasteiger partial charge < -0.3 is 10.1 Å². The summed E-state index contributed by atoms with van der Waals surface area (Å²) >= 11 is 2.04. The Hall–Kier alpha value is -0.470. The normalized spacial score (nSPS) is 10.8. The van der Waals surface area contributed by atoms with Crippen molar-refractivity contribution in [3.8, 4) is 0 Å². The van der Waals surface area contributed by atoms with Gasteiger partial charge in [0.25, 0.3) is 5.56 Å². The fourth-order valence-electron chi connectivity index (χ4n) is 1.37. The molecule has 0 amide bonds. The molecule has 0 bridgehead atoms. The SMILES string of the molecule is COCCCNCCn1cnc(C)c(I)c1=O. The van der Waals surface area contributed by atoms with Crippen LogP contribution in [0.25, 0.3) is 0 Å². The molecule has 0 aliphatic heterocycles. The van der Waals surface area contributed by atoms with Crippen LogP contribution in [0.15, 0.2) is 11.1 Å². The Morgan fingerprint density at radius 2 is 2.29 bits per heavy atom. The molecule has 0 fully saturated rings. The van der Waals surface area contributed by atoms with Gasteiger partial charge in [0, 0.05) is 26.8 Å². The Kier molecular flexibility index (Phi) is 6.68. The first kappa shape index (κ1) is 14.6. The van der Waals surface area contributed by atoms with Crippen LogP contribution >= 0.6 is 22.6 Å². The van der Waals surface area contributed by atoms with E-state index in [1.807, 2.05) is 29.5 Å². The second kappa shape index (κ2) is 7.78. The monoisotopic (exact) mass is 351 g/mol. The Morgan fingerprint density at radius 3 is 3.00 bits per heavy atom. The molecule has 0 radical (unpaired) electrons. The summed E-state index contributed by atoms with van der Waals surface area (Å²) in [6.07, 6.45) is 2.59. The van der Waals surface area contributed by atoms with Crippen LogP contribution in [0.2, 0.25) is 0 Å². The number of nitrogens with zero attached hydrogens (tertiary/aromatic N) is 2. The first-order valence-corrected chi connectivity index (χ1v) is 6.66. The van der Waals surface area contributed by atoms with Crippen molar-refractivity contribution in [2.24, 2.45) is 0 Å². The molecule has 0 atom stereocenters. The molecule has 5 nitrogen and oxygen atoms in total. The second-order valence-electron chi connectivity index (χ2n) is 3.74. The molecule has 17 heavy (non-hydrogen) atoms. The van der Waals surface area contributed by atoms with Crippen LogP contribution in [0.1, 0.15) is 12.1 Å². The van der Waals surface area contributed by atoms with Gasteiger partial charge in [0.05, 0.1) is 15.6 Å². The van der Waals surface area contributed by atoms with E-state index >= 15 is 0 Å². The number of aromatic nitrogens is 2. The fraction of sp³-hybridized carbons (Fsp3) is 0.636. The minimum Gasteiger partial charge on any atom is -0.385 e. The molecule has 0 aromatic carbocycles. The van der Waals surface area contributed by atoms with E-state index < -0.39 is 0 Å². The number of ether oxygens (including phenoxy) is 1. The zero-order valence-electron chi connectivity index (χ0n) is 10.2. The molecule has 0 saturated carbocycles. The lowest BCUT2D eigenvalue weighted by molar-refractivity contribution is 0.194. The summed E-state index contributed by atoms with van der Waals surface area (Å²) in [4.78, 5) is 16.0. The van der Waals surface area contributed by atoms with Gasteiger partial charge in [-0.25, -0.2) is 4.98 Å². The molecule has 1 heterocycles. The molecule has 96 valence electrons. The Labute approximate surface area is 115 Å². The molecule has 1 rings (SSSR count). The van der Waals surface area contributed by atoms with Gasteiger partial charge in [-0.3, -0.25) is 9.36 Å². The first-order valence-electron chi connectivity index (χ1n) is 5.58. The third-order valence-corrected chi connectivity index (χ3v) is 3.63. The summed E-state index contributed by atoms with van der Waals surface area (Å²) in [5.74, 6) is 0. The Morgan fingerprint density at radius 1 is 1.53 bits per heavy atom. The van der Waals surface area contributed by atoms with Gasteiger partial charge in [-0.15, -0.1) is 0 Å². The number of hydrogen-bond donors (Lipinski definition) is 1. The molecular weight excluding hydrogens is 333 g/mol. The quantitative estimate of drug-likeness (QED) is 0.583. The minimum absolute atomic E-state index is 0.0387. The molecule has 1 N–H and O–H groups in total. The molecular formula is C11H18IN3O2. The number of halogens is 1. The van der Waals surface area contributed by atoms with Crippen LogP contribution in [-0.2, 0) is 11.3 Å². The van der Waals surface area contributed by atoms with Crippen LogP contribution in [-0.4, -0.2) is 36.4 Å². The third kappa shape index (κ3) is 4.72. The lowest BCUT2D eigenvalue weighted by Gasteiger charge is -2.08. The van der Waals surface area contributed by atoms with Crippen LogP contribution in [0.5, 0.6) is 0 Å². The fourth-order valence-corrected chi connectivity index (χ4v) is 1.82. The molecule has 0 aliphatic rings. The van der Waals surface area contributed by atoms with Gasteiger partial charge in [0.2, 0.25) is 0 Å². The summed E-state index contributed by atoms with van der Waals surface area (Å²) in [6.45, 7) is 4.92. The van der Waals surface area contributed by atoms with Gasteiger partial charge in [-0.05, 0) is 42.5 Å². The highest BCUT2D eigenvalue weighted by molar-refractivity contribution is 14.1. The van der Waals surface area contributed by atoms with Crippen LogP contribution in [0.4, 0.5) is 0 Å². The van der Waals surface area contributed by atoms with Crippen molar-refractivity contribution in [3.05, 3.63) is 25.9 Å². The van der Waals surface area contributed by atoms with Crippen LogP contribution < -0.4 is 10.9 Å². The minimum atomic E-state index is 0.0387. The maximum atomic E-state index is 11.8. The summed E-state index contributed by atoms with van der Waals surface area (Å²) in [6, 6.07) is 0. The van der Waals surface area contributed by atoms with Crippen molar-refractivity contribution in [2.45, 2.75) is 19.9 Å². The lowest BCUT2D eigenvalue weighted by atomic mass is 10.4. The molecule has 0 saturated heterocycles. The van der Waals surface area contributed by atoms with Crippen molar-refractivity contribution >= 4 is 22.6 Å². The average Bonchev–Trinajstić information content (AvgIpc) is 2.33. The van der Waals surface area contributed by atoms with Gasteiger partial charge in [-0.2, -0.15) is 0 Å². The summed E-state index contributed by atoms with van der Waals surface area (Å²) < 4.78 is 7.28. The van der Waals surface area contributed by atoms with Gasteiger partial charge in [0.15, 0.2) is 0 Å². The maximum Gasteiger partial charge on any atom is 0.267 e. The number of aryl methyl sites for hydroxylation is 1. The molecule has 1 aromatic heterocycles. The van der Waals surface area contributed by atoms with Crippen LogP contribution in [0.3, 0.4) is 0 Å². The standard InChI is InChI=1S/C11H18IN3O2/c1-9-10(12)11(16)15(8-14-9)6-5-13-4-3-7-17-2/h8,13H,3-7H2,1-2H3. The van der Waals surface area contributed by atoms with Gasteiger partial charge >= 0.3 is 0 Å². The molecule has 1 aromatic rings. The summed E-state index contributed by atoms with van der Waals surface area (Å²) in [7, 11) is 1.69. The van der Waals surface area contributed by atoms with E-state index in [0.29, 0.717) is 10.1 Å². The van der Waals surface area contributed by atoms with E-state index in [2.05, 4.69) is 10.3 Å². The molecule has 0 spiro atoms. The molecule has 0 aliphatic carbocycles. The number of methoxy groups -OCH3 is 1. The maximum absolute atomic E-state index is 11.8. The zero-order chi connectivity index (χ0) is 12.7. The van der Waals surface area contributed by atoms with E-state index in [-0.39, 0.29) is 5.56 Å². The zero-order valence-corrected chi connectivity index (χ0v) is 12.4. The van der Waals surface area contributed by atoms with E-state index in [4.69, 9.17) is 4.74 Å². The van der Waals surface area contributed by atoms with Crippen molar-refractivity contribution in [3.63, 3.8) is 0 Å². The largest absolute Gasteiger partial charge is 0.385 e. The van der Waals surface area contributed by atoms with E-state index in [1.165, 1.54) is 0 Å². The highest BCUT2D eigenvalue weighted by Gasteiger charge is 2.04. The third-order valence-electron chi connectivity index (χ3n) is 2.39. The Balaban J connectivity index is 2.37. The smallest absolute Gasteiger partial charge is 0.267 e. The number of rotatable bonds is 7. The summed E-state index contributed by atoms with van der Waals surface area (Å²) in [5, 5.41) is 3.26. The average molecular weight is 351 g/mol. The first-order chi connectivity index (χ1) is 8.16. The highest BCUT2D eigenvalue weighted by Crippen LogP contribution is 2.00. The van der Waals surface area contributed by atoms with E-state index in [1.54, 1.807) is 18.0 Å². The van der Waals surface area contributed by atoms with Crippen molar-refractivity contribution in [1.29, 1.82) is 0 Å². The molecule has 0 unspecified atom stereocenters. The van der Waals surface area contributed by atoms with Crippen molar-refractivity contribution in [1.82, 2.24) is 14.9 Å². The highest BCUT2D eigenvalue weighted by atomic mass is 127. The Bertz CT molecular complexity index is 406. The van der Waals surface area contributed by atoms with Gasteiger partial charge in [-0.1, -0.05) is 0 Å². The van der Waals surface area contributed by atoms with E-state index in [9.17, 15) is 4.79 Å². The lowest BCUT2D eigenvalue weighted by Crippen LogP contribution is -2.29. The van der Waals surface area contributed by atoms with Crippen LogP contribution in [0, 0.1) is 10.5 Å². The number of hydrogen-bond acceptors (Lipinski definition) is 4. The van der Waals surface area contributed by atoms with Gasteiger partial charge in [0.1, 0.15) is 0 Å². The second-order valence-corrected chi connectivity index (χ2v) is 4.82. The predicted molar refractivity (Wildman–Crippen MR) is 75.3 cm³/mol. The van der Waals surface area contributed by atoms with Crippen molar-refractivity contribution in [2.75, 3.05) is 26.8 Å². The van der Waals surface area contributed by atoms with E-state index in [0.717, 1.165) is 31.8 Å².